The van der Waals surface area contributed by atoms with Gasteiger partial charge in [0, 0.05) is 25.4 Å². The highest BCUT2D eigenvalue weighted by atomic mass is 35.5. The van der Waals surface area contributed by atoms with Crippen LogP contribution < -0.4 is 10.6 Å². The van der Waals surface area contributed by atoms with Gasteiger partial charge in [0.05, 0.1) is 0 Å². The lowest BCUT2D eigenvalue weighted by atomic mass is 9.95. The molecule has 2 heterocycles. The van der Waals surface area contributed by atoms with Crippen LogP contribution in [0.2, 0.25) is 0 Å². The summed E-state index contributed by atoms with van der Waals surface area (Å²) >= 11 is 0. The molecule has 2 atom stereocenters. The molecule has 2 fully saturated rings. The van der Waals surface area contributed by atoms with Crippen LogP contribution in [0.25, 0.3) is 0 Å². The van der Waals surface area contributed by atoms with Gasteiger partial charge in [0.15, 0.2) is 14.6 Å². The first-order valence-corrected chi connectivity index (χ1v) is 10.6. The van der Waals surface area contributed by atoms with Gasteiger partial charge in [-0.2, -0.15) is 0 Å². The average Bonchev–Trinajstić information content (AvgIpc) is 2.51. The number of rotatable bonds is 5. The van der Waals surface area contributed by atoms with Gasteiger partial charge in [-0.25, -0.2) is 8.42 Å². The molecule has 2 aliphatic heterocycles. The Kier molecular flexibility index (Phi) is 10.3. The number of sulfone groups is 1. The summed E-state index contributed by atoms with van der Waals surface area (Å²) in [5.74, 6) is 0.368. The summed E-state index contributed by atoms with van der Waals surface area (Å²) in [5.41, 5.74) is 0. The monoisotopic (exact) mass is 417 g/mol. The van der Waals surface area contributed by atoms with E-state index in [4.69, 9.17) is 0 Å². The number of likely N-dealkylation sites (tertiary alicyclic amines) is 1. The molecule has 2 aliphatic rings. The first kappa shape index (κ1) is 24.9. The molecule has 25 heavy (non-hydrogen) atoms. The Bertz CT molecular complexity index is 525. The number of piperidine rings is 2. The molecule has 0 bridgehead atoms. The second-order valence-corrected chi connectivity index (χ2v) is 9.64. The zero-order valence-corrected chi connectivity index (χ0v) is 17.9. The number of carbonyl (C=O) groups is 1. The Morgan fingerprint density at radius 1 is 1.32 bits per heavy atom. The van der Waals surface area contributed by atoms with E-state index in [1.165, 1.54) is 19.1 Å². The van der Waals surface area contributed by atoms with Crippen molar-refractivity contribution in [2.24, 2.45) is 5.92 Å². The molecule has 6 nitrogen and oxygen atoms in total. The summed E-state index contributed by atoms with van der Waals surface area (Å²) in [7, 11) is -3.43. The van der Waals surface area contributed by atoms with E-state index in [9.17, 15) is 13.2 Å². The van der Waals surface area contributed by atoms with Crippen LogP contribution in [-0.2, 0) is 14.6 Å². The van der Waals surface area contributed by atoms with Crippen molar-refractivity contribution in [3.8, 4) is 0 Å². The lowest BCUT2D eigenvalue weighted by Crippen LogP contribution is -2.58. The van der Waals surface area contributed by atoms with E-state index >= 15 is 0 Å². The van der Waals surface area contributed by atoms with E-state index in [1.54, 1.807) is 0 Å². The van der Waals surface area contributed by atoms with Gasteiger partial charge in [0.25, 0.3) is 0 Å². The molecule has 0 spiro atoms. The van der Waals surface area contributed by atoms with Crippen molar-refractivity contribution in [2.45, 2.75) is 50.3 Å². The van der Waals surface area contributed by atoms with Gasteiger partial charge in [-0.3, -0.25) is 9.69 Å². The van der Waals surface area contributed by atoms with Crippen molar-refractivity contribution in [1.29, 1.82) is 0 Å². The van der Waals surface area contributed by atoms with Crippen LogP contribution in [0.1, 0.15) is 39.5 Å². The molecule has 2 rings (SSSR count). The predicted molar refractivity (Wildman–Crippen MR) is 107 cm³/mol. The fourth-order valence-electron chi connectivity index (χ4n) is 3.75. The van der Waals surface area contributed by atoms with E-state index in [-0.39, 0.29) is 36.8 Å². The van der Waals surface area contributed by atoms with Crippen LogP contribution in [0, 0.1) is 5.92 Å². The number of amides is 1. The quantitative estimate of drug-likeness (QED) is 0.702. The average molecular weight is 418 g/mol. The molecule has 2 saturated heterocycles. The van der Waals surface area contributed by atoms with E-state index in [2.05, 4.69) is 29.4 Å². The van der Waals surface area contributed by atoms with Crippen LogP contribution in [0.3, 0.4) is 0 Å². The highest BCUT2D eigenvalue weighted by molar-refractivity contribution is 7.92. The number of carbonyl (C=O) groups excluding carboxylic acids is 1. The van der Waals surface area contributed by atoms with Crippen LogP contribution in [0.4, 0.5) is 0 Å². The maximum atomic E-state index is 12.7. The number of nitrogens with zero attached hydrogens (tertiary/aromatic N) is 1. The number of halogens is 2. The van der Waals surface area contributed by atoms with Crippen molar-refractivity contribution in [2.75, 3.05) is 39.0 Å². The molecule has 150 valence electrons. The van der Waals surface area contributed by atoms with Gasteiger partial charge in [-0.1, -0.05) is 6.92 Å². The fourth-order valence-corrected chi connectivity index (χ4v) is 5.11. The molecule has 1 amide bonds. The summed E-state index contributed by atoms with van der Waals surface area (Å²) < 4.78 is 23.2. The second-order valence-electron chi connectivity index (χ2n) is 7.32. The fraction of sp³-hybridized carbons (Fsp3) is 0.938. The van der Waals surface area contributed by atoms with Gasteiger partial charge in [0.2, 0.25) is 5.91 Å². The van der Waals surface area contributed by atoms with Crippen LogP contribution in [0.5, 0.6) is 0 Å². The highest BCUT2D eigenvalue weighted by Gasteiger charge is 2.48. The van der Waals surface area contributed by atoms with Crippen molar-refractivity contribution in [3.05, 3.63) is 0 Å². The van der Waals surface area contributed by atoms with Crippen LogP contribution >= 0.6 is 24.8 Å². The molecular weight excluding hydrogens is 385 g/mol. The van der Waals surface area contributed by atoms with Crippen molar-refractivity contribution >= 4 is 40.6 Å². The minimum atomic E-state index is -3.43. The Labute approximate surface area is 164 Å². The maximum Gasteiger partial charge on any atom is 0.241 e. The third-order valence-corrected chi connectivity index (χ3v) is 7.42. The first-order chi connectivity index (χ1) is 10.8. The second kappa shape index (κ2) is 10.3. The van der Waals surface area contributed by atoms with Crippen molar-refractivity contribution in [1.82, 2.24) is 15.5 Å². The standard InChI is InChI=1S/C16H31N3O3S.2ClH/c1-13-5-4-10-19(12-13)14(2)11-18-15(20)16(23(3,21)22)6-8-17-9-7-16;;/h13-14,17H,4-12H2,1-3H3,(H,18,20);2*1H. The largest absolute Gasteiger partial charge is 0.353 e. The van der Waals surface area contributed by atoms with Gasteiger partial charge in [-0.15, -0.1) is 24.8 Å². The highest BCUT2D eigenvalue weighted by Crippen LogP contribution is 2.28. The van der Waals surface area contributed by atoms with E-state index in [0.29, 0.717) is 38.4 Å². The summed E-state index contributed by atoms with van der Waals surface area (Å²) in [6.07, 6.45) is 4.35. The SMILES string of the molecule is CC1CCCN(C(C)CNC(=O)C2(S(C)(=O)=O)CCNCC2)C1.Cl.Cl. The molecule has 0 aliphatic carbocycles. The van der Waals surface area contributed by atoms with Crippen molar-refractivity contribution < 1.29 is 13.2 Å². The predicted octanol–water partition coefficient (Wildman–Crippen LogP) is 1.23. The van der Waals surface area contributed by atoms with E-state index in [0.717, 1.165) is 13.1 Å². The third-order valence-electron chi connectivity index (χ3n) is 5.40. The zero-order valence-electron chi connectivity index (χ0n) is 15.4. The van der Waals surface area contributed by atoms with E-state index in [1.807, 2.05) is 0 Å². The van der Waals surface area contributed by atoms with Gasteiger partial charge in [0.1, 0.15) is 0 Å². The molecule has 2 unspecified atom stereocenters. The van der Waals surface area contributed by atoms with Crippen LogP contribution in [0.15, 0.2) is 0 Å². The van der Waals surface area contributed by atoms with Crippen molar-refractivity contribution in [3.63, 3.8) is 0 Å². The normalized spacial score (nSPS) is 25.2. The topological polar surface area (TPSA) is 78.5 Å². The molecule has 2 N–H and O–H groups in total. The first-order valence-electron chi connectivity index (χ1n) is 8.69. The molecule has 0 aromatic heterocycles. The summed E-state index contributed by atoms with van der Waals surface area (Å²) in [6, 6.07) is 0.236. The summed E-state index contributed by atoms with van der Waals surface area (Å²) in [6.45, 7) is 8.12. The molecule has 0 saturated carbocycles. The lowest BCUT2D eigenvalue weighted by Gasteiger charge is -2.37. The number of nitrogens with one attached hydrogen (secondary N) is 2. The Hall–Kier alpha value is -0.0800. The molecule has 0 aromatic carbocycles. The summed E-state index contributed by atoms with van der Waals surface area (Å²) in [5, 5.41) is 6.06. The van der Waals surface area contributed by atoms with Crippen LogP contribution in [-0.4, -0.2) is 69.0 Å². The minimum absolute atomic E-state index is 0. The summed E-state index contributed by atoms with van der Waals surface area (Å²) in [4.78, 5) is 15.1. The van der Waals surface area contributed by atoms with Gasteiger partial charge in [-0.05, 0) is 58.2 Å². The number of hydrogen-bond acceptors (Lipinski definition) is 5. The molecule has 9 heteroatoms. The Morgan fingerprint density at radius 3 is 2.44 bits per heavy atom. The minimum Gasteiger partial charge on any atom is -0.353 e. The Balaban J connectivity index is 0.00000288. The van der Waals surface area contributed by atoms with Gasteiger partial charge < -0.3 is 10.6 Å². The molecule has 0 radical (unpaired) electrons. The lowest BCUT2D eigenvalue weighted by molar-refractivity contribution is -0.124. The smallest absolute Gasteiger partial charge is 0.241 e. The van der Waals surface area contributed by atoms with E-state index < -0.39 is 14.6 Å². The maximum absolute atomic E-state index is 12.7. The molecular formula is C16H33Cl2N3O3S. The Morgan fingerprint density at radius 2 is 1.92 bits per heavy atom. The molecule has 0 aromatic rings. The zero-order chi connectivity index (χ0) is 17.1. The third kappa shape index (κ3) is 5.96. The van der Waals surface area contributed by atoms with Gasteiger partial charge >= 0.3 is 0 Å². The number of hydrogen-bond donors (Lipinski definition) is 2.